The summed E-state index contributed by atoms with van der Waals surface area (Å²) in [5.74, 6) is -1.12. The molecule has 0 aliphatic carbocycles. The molecule has 0 saturated carbocycles. The number of aliphatic carboxylic acids is 1. The molecule has 0 spiro atoms. The molecule has 0 aliphatic heterocycles. The maximum Gasteiger partial charge on any atom is 0.330 e. The molecular weight excluding hydrogens is 270 g/mol. The fourth-order valence-electron chi connectivity index (χ4n) is 1.82. The lowest BCUT2D eigenvalue weighted by Crippen LogP contribution is -2.42. The van der Waals surface area contributed by atoms with Crippen LogP contribution in [0.2, 0.25) is 0 Å². The van der Waals surface area contributed by atoms with Gasteiger partial charge in [-0.25, -0.2) is 9.59 Å². The Labute approximate surface area is 122 Å². The molecule has 1 heterocycles. The van der Waals surface area contributed by atoms with Crippen LogP contribution in [0.4, 0.5) is 10.5 Å². The fourth-order valence-corrected chi connectivity index (χ4v) is 1.82. The van der Waals surface area contributed by atoms with Crippen molar-refractivity contribution in [1.82, 2.24) is 10.3 Å². The molecule has 1 atom stereocenters. The van der Waals surface area contributed by atoms with Crippen molar-refractivity contribution < 1.29 is 14.7 Å². The average molecular weight is 285 g/mol. The molecule has 108 valence electrons. The molecule has 6 heteroatoms. The maximum absolute atomic E-state index is 12.2. The molecule has 0 fully saturated rings. The third-order valence-corrected chi connectivity index (χ3v) is 2.99. The van der Waals surface area contributed by atoms with Crippen molar-refractivity contribution in [2.75, 3.05) is 11.9 Å². The smallest absolute Gasteiger partial charge is 0.330 e. The first-order valence-electron chi connectivity index (χ1n) is 6.31. The van der Waals surface area contributed by atoms with Crippen LogP contribution in [0.25, 0.3) is 0 Å². The summed E-state index contributed by atoms with van der Waals surface area (Å²) in [5.41, 5.74) is 1.09. The standard InChI is InChI=1S/C15H15N3O3/c1-18(12-8-5-9-16-10-12)15(21)17-13(14(19)20)11-6-3-2-4-7-11/h2-10,13H,1H3,(H,17,21)(H,19,20)/t13-/m1/s1. The van der Waals surface area contributed by atoms with Gasteiger partial charge < -0.3 is 10.4 Å². The number of nitrogens with one attached hydrogen (secondary N) is 1. The lowest BCUT2D eigenvalue weighted by Gasteiger charge is -2.21. The highest BCUT2D eigenvalue weighted by Gasteiger charge is 2.23. The summed E-state index contributed by atoms with van der Waals surface area (Å²) < 4.78 is 0. The Kier molecular flexibility index (Phi) is 4.50. The number of urea groups is 1. The maximum atomic E-state index is 12.2. The van der Waals surface area contributed by atoms with Gasteiger partial charge in [0.25, 0.3) is 0 Å². The number of hydrogen-bond donors (Lipinski definition) is 2. The van der Waals surface area contributed by atoms with Gasteiger partial charge >= 0.3 is 12.0 Å². The minimum Gasteiger partial charge on any atom is -0.479 e. The van der Waals surface area contributed by atoms with E-state index in [-0.39, 0.29) is 0 Å². The molecule has 1 aromatic heterocycles. The summed E-state index contributed by atoms with van der Waals surface area (Å²) in [6.45, 7) is 0. The number of nitrogens with zero attached hydrogens (tertiary/aromatic N) is 2. The van der Waals surface area contributed by atoms with Crippen molar-refractivity contribution in [2.45, 2.75) is 6.04 Å². The number of carbonyl (C=O) groups is 2. The van der Waals surface area contributed by atoms with Gasteiger partial charge in [-0.3, -0.25) is 9.88 Å². The molecule has 0 unspecified atom stereocenters. The molecule has 0 aliphatic rings. The first-order valence-corrected chi connectivity index (χ1v) is 6.31. The third kappa shape index (κ3) is 3.56. The summed E-state index contributed by atoms with van der Waals surface area (Å²) in [6, 6.07) is 10.3. The monoisotopic (exact) mass is 285 g/mol. The second-order valence-electron chi connectivity index (χ2n) is 4.40. The van der Waals surface area contributed by atoms with Crippen LogP contribution < -0.4 is 10.2 Å². The van der Waals surface area contributed by atoms with Gasteiger partial charge in [0.2, 0.25) is 0 Å². The summed E-state index contributed by atoms with van der Waals surface area (Å²) >= 11 is 0. The molecule has 6 nitrogen and oxygen atoms in total. The third-order valence-electron chi connectivity index (χ3n) is 2.99. The van der Waals surface area contributed by atoms with E-state index in [0.29, 0.717) is 11.3 Å². The van der Waals surface area contributed by atoms with Crippen molar-refractivity contribution in [1.29, 1.82) is 0 Å². The van der Waals surface area contributed by atoms with Crippen molar-refractivity contribution in [3.63, 3.8) is 0 Å². The molecule has 21 heavy (non-hydrogen) atoms. The van der Waals surface area contributed by atoms with E-state index in [1.54, 1.807) is 55.7 Å². The second-order valence-corrected chi connectivity index (χ2v) is 4.40. The number of benzene rings is 1. The molecule has 1 aromatic carbocycles. The van der Waals surface area contributed by atoms with Crippen LogP contribution in [0, 0.1) is 0 Å². The molecule has 2 amide bonds. The van der Waals surface area contributed by atoms with Crippen molar-refractivity contribution in [2.24, 2.45) is 0 Å². The van der Waals surface area contributed by atoms with Gasteiger partial charge in [0.1, 0.15) is 0 Å². The van der Waals surface area contributed by atoms with E-state index < -0.39 is 18.0 Å². The quantitative estimate of drug-likeness (QED) is 0.900. The highest BCUT2D eigenvalue weighted by molar-refractivity contribution is 5.94. The summed E-state index contributed by atoms with van der Waals surface area (Å²) in [7, 11) is 1.55. The minimum atomic E-state index is -1.12. The first kappa shape index (κ1) is 14.5. The Bertz CT molecular complexity index is 617. The van der Waals surface area contributed by atoms with E-state index in [4.69, 9.17) is 0 Å². The molecular formula is C15H15N3O3. The van der Waals surface area contributed by atoms with Gasteiger partial charge in [-0.2, -0.15) is 0 Å². The Balaban J connectivity index is 2.14. The van der Waals surface area contributed by atoms with Crippen LogP contribution in [0.5, 0.6) is 0 Å². The van der Waals surface area contributed by atoms with Crippen LogP contribution in [0.15, 0.2) is 54.9 Å². The van der Waals surface area contributed by atoms with Crippen molar-refractivity contribution in [3.8, 4) is 0 Å². The Morgan fingerprint density at radius 1 is 1.19 bits per heavy atom. The number of rotatable bonds is 4. The zero-order valence-electron chi connectivity index (χ0n) is 11.4. The Morgan fingerprint density at radius 3 is 2.48 bits per heavy atom. The number of pyridine rings is 1. The van der Waals surface area contributed by atoms with E-state index in [9.17, 15) is 14.7 Å². The molecule has 2 N–H and O–H groups in total. The fraction of sp³-hybridized carbons (Fsp3) is 0.133. The number of anilines is 1. The van der Waals surface area contributed by atoms with Crippen LogP contribution >= 0.6 is 0 Å². The van der Waals surface area contributed by atoms with Gasteiger partial charge in [-0.1, -0.05) is 30.3 Å². The van der Waals surface area contributed by atoms with Crippen LogP contribution in [-0.2, 0) is 4.79 Å². The largest absolute Gasteiger partial charge is 0.479 e. The predicted octanol–water partition coefficient (Wildman–Crippen LogP) is 2.05. The van der Waals surface area contributed by atoms with Crippen LogP contribution in [0.3, 0.4) is 0 Å². The van der Waals surface area contributed by atoms with E-state index in [1.807, 2.05) is 0 Å². The average Bonchev–Trinajstić information content (AvgIpc) is 2.53. The topological polar surface area (TPSA) is 82.5 Å². The number of carboxylic acids is 1. The minimum absolute atomic E-state index is 0.512. The predicted molar refractivity (Wildman–Crippen MR) is 78.0 cm³/mol. The number of aromatic nitrogens is 1. The number of carbonyl (C=O) groups excluding carboxylic acids is 1. The lowest BCUT2D eigenvalue weighted by molar-refractivity contribution is -0.139. The zero-order valence-corrected chi connectivity index (χ0v) is 11.4. The summed E-state index contributed by atoms with van der Waals surface area (Å²) in [6.07, 6.45) is 3.12. The number of hydrogen-bond acceptors (Lipinski definition) is 3. The van der Waals surface area contributed by atoms with E-state index in [0.717, 1.165) is 0 Å². The van der Waals surface area contributed by atoms with E-state index in [2.05, 4.69) is 10.3 Å². The number of amides is 2. The highest BCUT2D eigenvalue weighted by Crippen LogP contribution is 2.15. The first-order chi connectivity index (χ1) is 10.1. The Morgan fingerprint density at radius 2 is 1.90 bits per heavy atom. The van der Waals surface area contributed by atoms with Crippen molar-refractivity contribution in [3.05, 3.63) is 60.4 Å². The molecule has 2 rings (SSSR count). The Hall–Kier alpha value is -2.89. The number of carboxylic acid groups (broad SMARTS) is 1. The SMILES string of the molecule is CN(C(=O)N[C@@H](C(=O)O)c1ccccc1)c1cccnc1. The summed E-state index contributed by atoms with van der Waals surface area (Å²) in [5, 5.41) is 11.8. The lowest BCUT2D eigenvalue weighted by atomic mass is 10.1. The van der Waals surface area contributed by atoms with E-state index >= 15 is 0 Å². The van der Waals surface area contributed by atoms with Gasteiger partial charge in [0.15, 0.2) is 6.04 Å². The molecule has 0 radical (unpaired) electrons. The van der Waals surface area contributed by atoms with Crippen LogP contribution in [0.1, 0.15) is 11.6 Å². The second kappa shape index (κ2) is 6.51. The highest BCUT2D eigenvalue weighted by atomic mass is 16.4. The van der Waals surface area contributed by atoms with Crippen molar-refractivity contribution >= 4 is 17.7 Å². The molecule has 2 aromatic rings. The van der Waals surface area contributed by atoms with Gasteiger partial charge in [0, 0.05) is 13.2 Å². The molecule has 0 saturated heterocycles. The van der Waals surface area contributed by atoms with Gasteiger partial charge in [-0.05, 0) is 17.7 Å². The van der Waals surface area contributed by atoms with Crippen LogP contribution in [-0.4, -0.2) is 29.1 Å². The molecule has 0 bridgehead atoms. The summed E-state index contributed by atoms with van der Waals surface area (Å²) in [4.78, 5) is 28.7. The zero-order chi connectivity index (χ0) is 15.2. The normalized spacial score (nSPS) is 11.5. The van der Waals surface area contributed by atoms with E-state index in [1.165, 1.54) is 11.1 Å². The van der Waals surface area contributed by atoms with Gasteiger partial charge in [0.05, 0.1) is 11.9 Å². The van der Waals surface area contributed by atoms with Gasteiger partial charge in [-0.15, -0.1) is 0 Å².